The fourth-order valence-corrected chi connectivity index (χ4v) is 1.74. The maximum atomic E-state index is 5.16. The summed E-state index contributed by atoms with van der Waals surface area (Å²) >= 11 is 6.82. The molecule has 2 heterocycles. The number of alkyl halides is 1. The van der Waals surface area contributed by atoms with Crippen LogP contribution in [0.15, 0.2) is 27.5 Å². The summed E-state index contributed by atoms with van der Waals surface area (Å²) in [5.74, 6) is 1.15. The molecule has 1 unspecified atom stereocenters. The summed E-state index contributed by atoms with van der Waals surface area (Å²) in [5, 5.41) is 3.92. The van der Waals surface area contributed by atoms with Gasteiger partial charge in [0.05, 0.1) is 4.83 Å². The molecule has 2 aromatic heterocycles. The Kier molecular flexibility index (Phi) is 3.70. The highest BCUT2D eigenvalue weighted by atomic mass is 79.9. The zero-order valence-electron chi connectivity index (χ0n) is 8.52. The lowest BCUT2D eigenvalue weighted by atomic mass is 10.3. The molecule has 1 atom stereocenters. The third kappa shape index (κ3) is 2.49. The summed E-state index contributed by atoms with van der Waals surface area (Å²) in [6.07, 6.45) is 4.32. The van der Waals surface area contributed by atoms with Crippen LogP contribution in [0.1, 0.15) is 24.1 Å². The van der Waals surface area contributed by atoms with Gasteiger partial charge >= 0.3 is 0 Å². The van der Waals surface area contributed by atoms with E-state index in [1.165, 1.54) is 0 Å². The standard InChI is InChI=1S/C10H9Br2N3O/c1-2-8(12)10-14-9(15-16-10)6-3-7(11)5-13-4-6/h3-5,8H,2H2,1H3. The molecule has 0 aliphatic rings. The number of nitrogens with zero attached hydrogens (tertiary/aromatic N) is 3. The van der Waals surface area contributed by atoms with Gasteiger partial charge in [-0.25, -0.2) is 0 Å². The van der Waals surface area contributed by atoms with E-state index < -0.39 is 0 Å². The Hall–Kier alpha value is -0.750. The molecule has 0 aliphatic heterocycles. The van der Waals surface area contributed by atoms with Crippen molar-refractivity contribution in [2.24, 2.45) is 0 Å². The van der Waals surface area contributed by atoms with Gasteiger partial charge in [-0.1, -0.05) is 28.0 Å². The van der Waals surface area contributed by atoms with Gasteiger partial charge in [-0.2, -0.15) is 4.98 Å². The van der Waals surface area contributed by atoms with Gasteiger partial charge in [0, 0.05) is 22.4 Å². The van der Waals surface area contributed by atoms with Crippen molar-refractivity contribution in [2.45, 2.75) is 18.2 Å². The molecular weight excluding hydrogens is 338 g/mol. The van der Waals surface area contributed by atoms with Gasteiger partial charge in [-0.3, -0.25) is 4.98 Å². The number of rotatable bonds is 3. The van der Waals surface area contributed by atoms with Crippen LogP contribution < -0.4 is 0 Å². The maximum Gasteiger partial charge on any atom is 0.240 e. The fourth-order valence-electron chi connectivity index (χ4n) is 1.19. The smallest absolute Gasteiger partial charge is 0.240 e. The molecule has 0 aromatic carbocycles. The Bertz CT molecular complexity index is 486. The molecule has 0 saturated heterocycles. The first-order valence-electron chi connectivity index (χ1n) is 4.79. The molecule has 0 spiro atoms. The quantitative estimate of drug-likeness (QED) is 0.794. The van der Waals surface area contributed by atoms with Crippen LogP contribution in [-0.2, 0) is 0 Å². The molecular formula is C10H9Br2N3O. The van der Waals surface area contributed by atoms with Gasteiger partial charge in [0.25, 0.3) is 0 Å². The highest BCUT2D eigenvalue weighted by molar-refractivity contribution is 9.10. The number of hydrogen-bond donors (Lipinski definition) is 0. The molecule has 2 rings (SSSR count). The lowest BCUT2D eigenvalue weighted by molar-refractivity contribution is 0.377. The Morgan fingerprint density at radius 1 is 1.44 bits per heavy atom. The van der Waals surface area contributed by atoms with Crippen molar-refractivity contribution in [3.8, 4) is 11.4 Å². The van der Waals surface area contributed by atoms with Crippen molar-refractivity contribution >= 4 is 31.9 Å². The fraction of sp³-hybridized carbons (Fsp3) is 0.300. The van der Waals surface area contributed by atoms with Crippen molar-refractivity contribution in [2.75, 3.05) is 0 Å². The largest absolute Gasteiger partial charge is 0.338 e. The van der Waals surface area contributed by atoms with Crippen molar-refractivity contribution in [1.82, 2.24) is 15.1 Å². The molecule has 2 aromatic rings. The Morgan fingerprint density at radius 3 is 2.94 bits per heavy atom. The van der Waals surface area contributed by atoms with Crippen molar-refractivity contribution in [3.63, 3.8) is 0 Å². The van der Waals surface area contributed by atoms with Gasteiger partial charge in [-0.05, 0) is 28.4 Å². The molecule has 0 amide bonds. The van der Waals surface area contributed by atoms with Gasteiger partial charge in [0.15, 0.2) is 0 Å². The van der Waals surface area contributed by atoms with Crippen LogP contribution in [0.2, 0.25) is 0 Å². The summed E-state index contributed by atoms with van der Waals surface area (Å²) in [6, 6.07) is 1.90. The van der Waals surface area contributed by atoms with Crippen LogP contribution in [0.5, 0.6) is 0 Å². The first kappa shape index (κ1) is 11.7. The van der Waals surface area contributed by atoms with Gasteiger partial charge in [0.1, 0.15) is 0 Å². The maximum absolute atomic E-state index is 5.16. The van der Waals surface area contributed by atoms with Crippen LogP contribution in [0.4, 0.5) is 0 Å². The second-order valence-corrected chi connectivity index (χ2v) is 5.24. The minimum atomic E-state index is 0.105. The van der Waals surface area contributed by atoms with E-state index in [2.05, 4.69) is 47.0 Å². The van der Waals surface area contributed by atoms with E-state index in [1.54, 1.807) is 12.4 Å². The molecule has 4 nitrogen and oxygen atoms in total. The summed E-state index contributed by atoms with van der Waals surface area (Å²) < 4.78 is 6.05. The van der Waals surface area contributed by atoms with Crippen molar-refractivity contribution in [1.29, 1.82) is 0 Å². The third-order valence-electron chi connectivity index (χ3n) is 2.03. The summed E-state index contributed by atoms with van der Waals surface area (Å²) in [5.41, 5.74) is 0.833. The number of hydrogen-bond acceptors (Lipinski definition) is 4. The molecule has 0 radical (unpaired) electrons. The van der Waals surface area contributed by atoms with E-state index in [1.807, 2.05) is 13.0 Å². The highest BCUT2D eigenvalue weighted by Gasteiger charge is 2.15. The van der Waals surface area contributed by atoms with Crippen molar-refractivity contribution in [3.05, 3.63) is 28.8 Å². The number of aromatic nitrogens is 3. The molecule has 0 saturated carbocycles. The normalized spacial score (nSPS) is 12.7. The molecule has 16 heavy (non-hydrogen) atoms. The zero-order valence-corrected chi connectivity index (χ0v) is 11.7. The van der Waals surface area contributed by atoms with Crippen LogP contribution >= 0.6 is 31.9 Å². The lowest BCUT2D eigenvalue weighted by Gasteiger charge is -1.96. The van der Waals surface area contributed by atoms with E-state index in [0.29, 0.717) is 11.7 Å². The van der Waals surface area contributed by atoms with Gasteiger partial charge in [0.2, 0.25) is 11.7 Å². The topological polar surface area (TPSA) is 51.8 Å². The third-order valence-corrected chi connectivity index (χ3v) is 3.50. The van der Waals surface area contributed by atoms with E-state index in [4.69, 9.17) is 4.52 Å². The second kappa shape index (κ2) is 5.05. The minimum absolute atomic E-state index is 0.105. The molecule has 0 N–H and O–H groups in total. The van der Waals surface area contributed by atoms with Gasteiger partial charge < -0.3 is 4.52 Å². The van der Waals surface area contributed by atoms with Crippen LogP contribution in [-0.4, -0.2) is 15.1 Å². The number of pyridine rings is 1. The van der Waals surface area contributed by atoms with Crippen molar-refractivity contribution < 1.29 is 4.52 Å². The lowest BCUT2D eigenvalue weighted by Crippen LogP contribution is -1.88. The predicted molar refractivity (Wildman–Crippen MR) is 67.2 cm³/mol. The average molecular weight is 347 g/mol. The monoisotopic (exact) mass is 345 g/mol. The summed E-state index contributed by atoms with van der Waals surface area (Å²) in [4.78, 5) is 8.47. The Morgan fingerprint density at radius 2 is 2.25 bits per heavy atom. The zero-order chi connectivity index (χ0) is 11.5. The molecule has 0 aliphatic carbocycles. The van der Waals surface area contributed by atoms with Crippen LogP contribution in [0.3, 0.4) is 0 Å². The minimum Gasteiger partial charge on any atom is -0.338 e. The van der Waals surface area contributed by atoms with Crippen LogP contribution in [0, 0.1) is 0 Å². The SMILES string of the molecule is CCC(Br)c1nc(-c2cncc(Br)c2)no1. The molecule has 6 heteroatoms. The molecule has 0 bridgehead atoms. The predicted octanol–water partition coefficient (Wildman–Crippen LogP) is 3.74. The number of halogens is 2. The summed E-state index contributed by atoms with van der Waals surface area (Å²) in [7, 11) is 0. The highest BCUT2D eigenvalue weighted by Crippen LogP contribution is 2.26. The van der Waals surface area contributed by atoms with Gasteiger partial charge in [-0.15, -0.1) is 0 Å². The Balaban J connectivity index is 2.31. The first-order valence-corrected chi connectivity index (χ1v) is 6.50. The molecule has 84 valence electrons. The van der Waals surface area contributed by atoms with E-state index >= 15 is 0 Å². The van der Waals surface area contributed by atoms with Crippen LogP contribution in [0.25, 0.3) is 11.4 Å². The summed E-state index contributed by atoms with van der Waals surface area (Å²) in [6.45, 7) is 2.05. The first-order chi connectivity index (χ1) is 7.70. The average Bonchev–Trinajstić information content (AvgIpc) is 2.77. The Labute approximate surface area is 110 Å². The van der Waals surface area contributed by atoms with E-state index in [-0.39, 0.29) is 4.83 Å². The molecule has 0 fully saturated rings. The van der Waals surface area contributed by atoms with E-state index in [9.17, 15) is 0 Å². The van der Waals surface area contributed by atoms with E-state index in [0.717, 1.165) is 16.5 Å². The second-order valence-electron chi connectivity index (χ2n) is 3.22.